The molecule has 0 amide bonds. The monoisotopic (exact) mass is 393 g/mol. The van der Waals surface area contributed by atoms with Crippen LogP contribution in [0.15, 0.2) is 0 Å². The number of nitrogens with zero attached hydrogens (tertiary/aromatic N) is 1. The summed E-state index contributed by atoms with van der Waals surface area (Å²) in [7, 11) is 1.70. The van der Waals surface area contributed by atoms with Crippen molar-refractivity contribution >= 4 is 0 Å². The van der Waals surface area contributed by atoms with E-state index in [1.807, 2.05) is 0 Å². The van der Waals surface area contributed by atoms with E-state index in [0.717, 1.165) is 38.8 Å². The Hall–Kier alpha value is -0.240. The number of hydrogen-bond donors (Lipinski definition) is 4. The molecule has 1 aliphatic heterocycles. The fourth-order valence-electron chi connectivity index (χ4n) is 10.1. The van der Waals surface area contributed by atoms with Gasteiger partial charge in [-0.25, -0.2) is 0 Å². The van der Waals surface area contributed by atoms with Gasteiger partial charge in [0, 0.05) is 54.7 Å². The smallest absolute Gasteiger partial charge is 0.0771 e. The van der Waals surface area contributed by atoms with Crippen LogP contribution < -0.4 is 0 Å². The number of ether oxygens (including phenoxy) is 1. The minimum absolute atomic E-state index is 0.0335. The Morgan fingerprint density at radius 1 is 1.18 bits per heavy atom. The number of rotatable bonds is 3. The molecular weight excluding hydrogens is 358 g/mol. The number of aliphatic hydroxyl groups is 4. The van der Waals surface area contributed by atoms with E-state index in [0.29, 0.717) is 6.42 Å². The van der Waals surface area contributed by atoms with Gasteiger partial charge in [0.05, 0.1) is 30.5 Å². The van der Waals surface area contributed by atoms with Crippen LogP contribution in [-0.2, 0) is 4.74 Å². The first-order valence-electron chi connectivity index (χ1n) is 11.3. The third kappa shape index (κ3) is 1.69. The molecule has 0 unspecified atom stereocenters. The fraction of sp³-hybridized carbons (Fsp3) is 1.00. The molecule has 4 N–H and O–H groups in total. The average Bonchev–Trinajstić information content (AvgIpc) is 3.11. The molecular formula is C22H35NO5. The predicted molar refractivity (Wildman–Crippen MR) is 101 cm³/mol. The lowest BCUT2D eigenvalue weighted by atomic mass is 9.43. The van der Waals surface area contributed by atoms with E-state index in [4.69, 9.17) is 4.74 Å². The Labute approximate surface area is 166 Å². The zero-order chi connectivity index (χ0) is 19.6. The maximum atomic E-state index is 12.2. The molecule has 1 spiro atoms. The number of piperidine rings is 1. The Bertz CT molecular complexity index is 690. The Morgan fingerprint density at radius 2 is 1.96 bits per heavy atom. The molecule has 6 nitrogen and oxygen atoms in total. The van der Waals surface area contributed by atoms with E-state index in [1.165, 1.54) is 0 Å². The Kier molecular flexibility index (Phi) is 3.65. The summed E-state index contributed by atoms with van der Waals surface area (Å²) in [4.78, 5) is 2.47. The zero-order valence-corrected chi connectivity index (χ0v) is 17.0. The number of hydrogen-bond acceptors (Lipinski definition) is 6. The van der Waals surface area contributed by atoms with Crippen LogP contribution in [0.5, 0.6) is 0 Å². The summed E-state index contributed by atoms with van der Waals surface area (Å²) in [6, 6.07) is 0.144. The van der Waals surface area contributed by atoms with Crippen molar-refractivity contribution in [1.29, 1.82) is 0 Å². The summed E-state index contributed by atoms with van der Waals surface area (Å²) >= 11 is 0. The van der Waals surface area contributed by atoms with E-state index < -0.39 is 17.8 Å². The van der Waals surface area contributed by atoms with Crippen molar-refractivity contribution in [3.8, 4) is 0 Å². The highest BCUT2D eigenvalue weighted by atomic mass is 16.5. The summed E-state index contributed by atoms with van der Waals surface area (Å²) in [5.74, 6) is 0.241. The maximum Gasteiger partial charge on any atom is 0.0771 e. The van der Waals surface area contributed by atoms with Crippen molar-refractivity contribution in [2.75, 3.05) is 26.8 Å². The highest BCUT2D eigenvalue weighted by molar-refractivity contribution is 5.33. The van der Waals surface area contributed by atoms with Gasteiger partial charge in [0.25, 0.3) is 0 Å². The lowest BCUT2D eigenvalue weighted by molar-refractivity contribution is -0.271. The maximum absolute atomic E-state index is 12.2. The van der Waals surface area contributed by atoms with Crippen LogP contribution in [-0.4, -0.2) is 82.1 Å². The van der Waals surface area contributed by atoms with Crippen LogP contribution in [0, 0.1) is 40.4 Å². The van der Waals surface area contributed by atoms with E-state index in [-0.39, 0.29) is 59.2 Å². The van der Waals surface area contributed by atoms with Crippen molar-refractivity contribution < 1.29 is 25.2 Å². The molecule has 6 heteroatoms. The highest BCUT2D eigenvalue weighted by Gasteiger charge is 2.83. The first-order chi connectivity index (χ1) is 13.4. The molecule has 6 fully saturated rings. The van der Waals surface area contributed by atoms with Crippen molar-refractivity contribution in [3.63, 3.8) is 0 Å². The van der Waals surface area contributed by atoms with Crippen molar-refractivity contribution in [3.05, 3.63) is 0 Å². The highest BCUT2D eigenvalue weighted by Crippen LogP contribution is 2.78. The summed E-state index contributed by atoms with van der Waals surface area (Å²) in [6.45, 7) is 4.06. The molecule has 28 heavy (non-hydrogen) atoms. The van der Waals surface area contributed by atoms with Crippen LogP contribution in [0.2, 0.25) is 0 Å². The third-order valence-electron chi connectivity index (χ3n) is 10.8. The molecule has 7 bridgehead atoms. The average molecular weight is 394 g/mol. The van der Waals surface area contributed by atoms with Crippen LogP contribution in [0.25, 0.3) is 0 Å². The first kappa shape index (κ1) is 18.5. The van der Waals surface area contributed by atoms with Gasteiger partial charge in [-0.2, -0.15) is 0 Å². The van der Waals surface area contributed by atoms with Gasteiger partial charge in [-0.05, 0) is 44.1 Å². The van der Waals surface area contributed by atoms with Crippen molar-refractivity contribution in [2.45, 2.75) is 69.0 Å². The molecule has 1 heterocycles. The minimum Gasteiger partial charge on any atom is -0.396 e. The zero-order valence-electron chi connectivity index (χ0n) is 17.0. The Morgan fingerprint density at radius 3 is 2.64 bits per heavy atom. The van der Waals surface area contributed by atoms with Gasteiger partial charge in [0.2, 0.25) is 0 Å². The molecule has 0 aromatic rings. The molecule has 12 atom stereocenters. The molecule has 5 saturated carbocycles. The van der Waals surface area contributed by atoms with Gasteiger partial charge in [0.15, 0.2) is 0 Å². The summed E-state index contributed by atoms with van der Waals surface area (Å²) < 4.78 is 5.77. The molecule has 158 valence electrons. The molecule has 5 aliphatic carbocycles. The molecule has 0 aromatic heterocycles. The van der Waals surface area contributed by atoms with Crippen molar-refractivity contribution in [2.24, 2.45) is 40.4 Å². The van der Waals surface area contributed by atoms with E-state index >= 15 is 0 Å². The van der Waals surface area contributed by atoms with Gasteiger partial charge in [-0.15, -0.1) is 0 Å². The van der Waals surface area contributed by atoms with Gasteiger partial charge in [-0.1, -0.05) is 6.92 Å². The second-order valence-corrected chi connectivity index (χ2v) is 11.0. The molecule has 0 radical (unpaired) electrons. The van der Waals surface area contributed by atoms with Crippen molar-refractivity contribution in [1.82, 2.24) is 4.90 Å². The Balaban J connectivity index is 1.59. The quantitative estimate of drug-likeness (QED) is 0.548. The predicted octanol–water partition coefficient (Wildman–Crippen LogP) is 0.223. The lowest BCUT2D eigenvalue weighted by Gasteiger charge is -2.69. The standard InChI is InChI=1S/C22H35NO5/c1-3-23-9-20(10-24)5-4-16(25)22-12-6-11-14(28-2)8-21(27,17(12)18(11)26)13(19(22)23)7-15(20)22/h11-19,24-27H,3-10H2,1-2H3/t11-,12-,13+,14+,15-,16+,17-,18-,19-,20+,21+,22-/m1/s1. The minimum atomic E-state index is -0.941. The number of aliphatic hydroxyl groups excluding tert-OH is 3. The van der Waals surface area contributed by atoms with Gasteiger partial charge in [-0.3, -0.25) is 4.90 Å². The van der Waals surface area contributed by atoms with E-state index in [1.54, 1.807) is 7.11 Å². The topological polar surface area (TPSA) is 93.4 Å². The number of methoxy groups -OCH3 is 1. The molecule has 1 saturated heterocycles. The number of fused-ring (bicyclic) bond motifs is 2. The third-order valence-corrected chi connectivity index (χ3v) is 10.8. The number of likely N-dealkylation sites (tertiary alicyclic amines) is 1. The van der Waals surface area contributed by atoms with Gasteiger partial charge >= 0.3 is 0 Å². The molecule has 6 aliphatic rings. The van der Waals surface area contributed by atoms with Gasteiger partial charge < -0.3 is 25.2 Å². The normalized spacial score (nSPS) is 64.3. The molecule has 0 aromatic carbocycles. The largest absolute Gasteiger partial charge is 0.396 e. The second-order valence-electron chi connectivity index (χ2n) is 11.0. The summed E-state index contributed by atoms with van der Waals surface area (Å²) in [5.41, 5.74) is -1.43. The molecule has 6 rings (SSSR count). The fourth-order valence-corrected chi connectivity index (χ4v) is 10.1. The second kappa shape index (κ2) is 5.51. The van der Waals surface area contributed by atoms with E-state index in [2.05, 4.69) is 11.8 Å². The van der Waals surface area contributed by atoms with Crippen LogP contribution in [0.4, 0.5) is 0 Å². The van der Waals surface area contributed by atoms with E-state index in [9.17, 15) is 20.4 Å². The van der Waals surface area contributed by atoms with Crippen LogP contribution in [0.1, 0.15) is 39.0 Å². The summed E-state index contributed by atoms with van der Waals surface area (Å²) in [5, 5.41) is 45.5. The first-order valence-corrected chi connectivity index (χ1v) is 11.3. The summed E-state index contributed by atoms with van der Waals surface area (Å²) in [6.07, 6.45) is 2.77. The van der Waals surface area contributed by atoms with Crippen LogP contribution >= 0.6 is 0 Å². The lowest BCUT2D eigenvalue weighted by Crippen LogP contribution is -2.76. The SMILES string of the molecule is CCN1C[C@]2(CO)CC[C@H](O)[C@@]34[C@@H]5C[C@H]6[C@@H](O)[C@@H]5[C@](O)(C[C@@H]6OC)[C@@H](C[C@H]23)[C@@H]14. The van der Waals surface area contributed by atoms with Crippen LogP contribution in [0.3, 0.4) is 0 Å². The van der Waals surface area contributed by atoms with Gasteiger partial charge in [0.1, 0.15) is 0 Å².